The average molecular weight is 461 g/mol. The second kappa shape index (κ2) is 9.39. The largest absolute Gasteiger partial charge is 0.508 e. The van der Waals surface area contributed by atoms with Gasteiger partial charge in [0.15, 0.2) is 0 Å². The summed E-state index contributed by atoms with van der Waals surface area (Å²) >= 11 is 0. The van der Waals surface area contributed by atoms with Gasteiger partial charge in [0.2, 0.25) is 0 Å². The first-order valence-corrected chi connectivity index (χ1v) is 10.9. The first-order chi connectivity index (χ1) is 16.3. The number of hydrogen-bond acceptors (Lipinski definition) is 4. The molecular weight excluding hydrogens is 435 g/mol. The summed E-state index contributed by atoms with van der Waals surface area (Å²) in [5.41, 5.74) is 3.01. The fraction of sp³-hybridized carbons (Fsp3) is 0.185. The lowest BCUT2D eigenvalue weighted by Crippen LogP contribution is -2.27. The van der Waals surface area contributed by atoms with Gasteiger partial charge in [-0.1, -0.05) is 19.9 Å². The van der Waals surface area contributed by atoms with E-state index in [9.17, 15) is 19.1 Å². The van der Waals surface area contributed by atoms with Crippen molar-refractivity contribution >= 4 is 22.8 Å². The van der Waals surface area contributed by atoms with Crippen molar-refractivity contribution in [3.8, 4) is 28.2 Å². The molecule has 2 amide bonds. The standard InChI is InChI=1S/C27H25FN2O4/c1-15(2)14-30-26(32)19-10-18(11-21(31)12-19)17-6-9-23-22(13-17)24(27(33)29-3)25(34-23)16-4-7-20(28)8-5-16/h4-13,15,31H,14H2,1-3H3,(H,29,33)(H,30,32). The second-order valence-electron chi connectivity index (χ2n) is 8.48. The van der Waals surface area contributed by atoms with Gasteiger partial charge < -0.3 is 20.2 Å². The molecule has 0 radical (unpaired) electrons. The third-order valence-corrected chi connectivity index (χ3v) is 5.43. The van der Waals surface area contributed by atoms with Crippen LogP contribution in [0.25, 0.3) is 33.4 Å². The molecule has 0 spiro atoms. The van der Waals surface area contributed by atoms with Crippen LogP contribution in [0.1, 0.15) is 34.6 Å². The molecule has 1 aromatic heterocycles. The van der Waals surface area contributed by atoms with Crippen LogP contribution in [-0.2, 0) is 0 Å². The molecule has 34 heavy (non-hydrogen) atoms. The van der Waals surface area contributed by atoms with Crippen molar-refractivity contribution in [3.63, 3.8) is 0 Å². The van der Waals surface area contributed by atoms with Crippen molar-refractivity contribution in [2.24, 2.45) is 5.92 Å². The summed E-state index contributed by atoms with van der Waals surface area (Å²) in [5.74, 6) is -0.433. The van der Waals surface area contributed by atoms with Gasteiger partial charge in [0.1, 0.15) is 22.9 Å². The van der Waals surface area contributed by atoms with Crippen LogP contribution in [0.3, 0.4) is 0 Å². The second-order valence-corrected chi connectivity index (χ2v) is 8.48. The Morgan fingerprint density at radius 3 is 2.32 bits per heavy atom. The molecule has 6 nitrogen and oxygen atoms in total. The lowest BCUT2D eigenvalue weighted by molar-refractivity contribution is 0.0945. The van der Waals surface area contributed by atoms with Crippen LogP contribution in [0, 0.1) is 11.7 Å². The van der Waals surface area contributed by atoms with E-state index in [0.717, 1.165) is 0 Å². The van der Waals surface area contributed by atoms with Crippen LogP contribution < -0.4 is 10.6 Å². The number of hydrogen-bond donors (Lipinski definition) is 3. The number of phenolic OH excluding ortho intramolecular Hbond substituents is 1. The summed E-state index contributed by atoms with van der Waals surface area (Å²) in [6.07, 6.45) is 0. The van der Waals surface area contributed by atoms with Crippen LogP contribution in [-0.4, -0.2) is 30.5 Å². The minimum atomic E-state index is -0.388. The number of phenols is 1. The van der Waals surface area contributed by atoms with E-state index in [1.807, 2.05) is 13.8 Å². The third-order valence-electron chi connectivity index (χ3n) is 5.43. The van der Waals surface area contributed by atoms with Crippen LogP contribution in [0.2, 0.25) is 0 Å². The van der Waals surface area contributed by atoms with Gasteiger partial charge in [-0.2, -0.15) is 0 Å². The van der Waals surface area contributed by atoms with Crippen LogP contribution in [0.15, 0.2) is 65.1 Å². The van der Waals surface area contributed by atoms with Crippen molar-refractivity contribution in [1.29, 1.82) is 0 Å². The summed E-state index contributed by atoms with van der Waals surface area (Å²) in [6, 6.07) is 15.7. The maximum Gasteiger partial charge on any atom is 0.255 e. The number of nitrogens with one attached hydrogen (secondary N) is 2. The molecule has 0 unspecified atom stereocenters. The Balaban J connectivity index is 1.82. The Morgan fingerprint density at radius 1 is 0.941 bits per heavy atom. The molecule has 0 atom stereocenters. The molecule has 3 N–H and O–H groups in total. The van der Waals surface area contributed by atoms with Gasteiger partial charge in [0.25, 0.3) is 11.8 Å². The van der Waals surface area contributed by atoms with E-state index < -0.39 is 0 Å². The van der Waals surface area contributed by atoms with Gasteiger partial charge in [-0.05, 0) is 71.6 Å². The highest BCUT2D eigenvalue weighted by atomic mass is 19.1. The normalized spacial score (nSPS) is 11.1. The monoisotopic (exact) mass is 460 g/mol. The SMILES string of the molecule is CNC(=O)c1c(-c2ccc(F)cc2)oc2ccc(-c3cc(O)cc(C(=O)NCC(C)C)c3)cc12. The average Bonchev–Trinajstić information content (AvgIpc) is 3.20. The van der Waals surface area contributed by atoms with Crippen molar-refractivity contribution in [2.45, 2.75) is 13.8 Å². The first kappa shape index (κ1) is 23.0. The van der Waals surface area contributed by atoms with E-state index >= 15 is 0 Å². The predicted octanol–water partition coefficient (Wildman–Crippen LogP) is 5.36. The summed E-state index contributed by atoms with van der Waals surface area (Å²) in [4.78, 5) is 25.3. The summed E-state index contributed by atoms with van der Waals surface area (Å²) in [7, 11) is 1.52. The highest BCUT2D eigenvalue weighted by molar-refractivity contribution is 6.12. The van der Waals surface area contributed by atoms with E-state index in [1.165, 1.54) is 25.2 Å². The van der Waals surface area contributed by atoms with Gasteiger partial charge >= 0.3 is 0 Å². The van der Waals surface area contributed by atoms with Crippen molar-refractivity contribution in [1.82, 2.24) is 10.6 Å². The zero-order valence-corrected chi connectivity index (χ0v) is 19.1. The Hall–Kier alpha value is -4.13. The molecule has 4 aromatic rings. The molecule has 0 saturated heterocycles. The van der Waals surface area contributed by atoms with Crippen LogP contribution in [0.4, 0.5) is 4.39 Å². The zero-order valence-electron chi connectivity index (χ0n) is 19.1. The number of rotatable bonds is 6. The van der Waals surface area contributed by atoms with E-state index in [2.05, 4.69) is 10.6 Å². The number of halogens is 1. The first-order valence-electron chi connectivity index (χ1n) is 10.9. The summed E-state index contributed by atoms with van der Waals surface area (Å²) in [5, 5.41) is 16.3. The number of furan rings is 1. The van der Waals surface area contributed by atoms with E-state index in [-0.39, 0.29) is 23.4 Å². The fourth-order valence-electron chi connectivity index (χ4n) is 3.74. The maximum absolute atomic E-state index is 13.4. The Labute approximate surface area is 196 Å². The number of amides is 2. The minimum Gasteiger partial charge on any atom is -0.508 e. The van der Waals surface area contributed by atoms with Crippen molar-refractivity contribution in [2.75, 3.05) is 13.6 Å². The predicted molar refractivity (Wildman–Crippen MR) is 129 cm³/mol. The molecule has 7 heteroatoms. The Kier molecular flexibility index (Phi) is 6.36. The summed E-state index contributed by atoms with van der Waals surface area (Å²) < 4.78 is 19.4. The lowest BCUT2D eigenvalue weighted by Gasteiger charge is -2.10. The third kappa shape index (κ3) is 4.64. The van der Waals surface area contributed by atoms with Crippen molar-refractivity contribution in [3.05, 3.63) is 77.6 Å². The van der Waals surface area contributed by atoms with Gasteiger partial charge in [0, 0.05) is 30.1 Å². The molecule has 0 saturated carbocycles. The van der Waals surface area contributed by atoms with Gasteiger partial charge in [0.05, 0.1) is 5.56 Å². The molecule has 0 aliphatic rings. The van der Waals surface area contributed by atoms with Gasteiger partial charge in [-0.3, -0.25) is 9.59 Å². The quantitative estimate of drug-likeness (QED) is 0.361. The molecule has 0 bridgehead atoms. The highest BCUT2D eigenvalue weighted by Crippen LogP contribution is 2.37. The molecule has 4 rings (SSSR count). The van der Waals surface area contributed by atoms with Gasteiger partial charge in [-0.15, -0.1) is 0 Å². The molecule has 174 valence electrons. The zero-order chi connectivity index (χ0) is 24.4. The molecule has 0 fully saturated rings. The van der Waals surface area contributed by atoms with Crippen LogP contribution in [0.5, 0.6) is 5.75 Å². The molecule has 0 aliphatic carbocycles. The minimum absolute atomic E-state index is 0.0435. The van der Waals surface area contributed by atoms with Gasteiger partial charge in [-0.25, -0.2) is 4.39 Å². The lowest BCUT2D eigenvalue weighted by atomic mass is 9.98. The Bertz CT molecular complexity index is 1370. The maximum atomic E-state index is 13.4. The van der Waals surface area contributed by atoms with Crippen LogP contribution >= 0.6 is 0 Å². The fourth-order valence-corrected chi connectivity index (χ4v) is 3.74. The number of carbonyl (C=O) groups is 2. The molecular formula is C27H25FN2O4. The summed E-state index contributed by atoms with van der Waals surface area (Å²) in [6.45, 7) is 4.52. The molecule has 0 aliphatic heterocycles. The smallest absolute Gasteiger partial charge is 0.255 e. The topological polar surface area (TPSA) is 91.6 Å². The number of carbonyl (C=O) groups excluding carboxylic acids is 2. The number of aromatic hydroxyl groups is 1. The van der Waals surface area contributed by atoms with Crippen molar-refractivity contribution < 1.29 is 23.5 Å². The number of benzene rings is 3. The van der Waals surface area contributed by atoms with E-state index in [4.69, 9.17) is 4.42 Å². The Morgan fingerprint density at radius 2 is 1.65 bits per heavy atom. The number of fused-ring (bicyclic) bond motifs is 1. The van der Waals surface area contributed by atoms with E-state index in [0.29, 0.717) is 57.0 Å². The molecule has 1 heterocycles. The highest BCUT2D eigenvalue weighted by Gasteiger charge is 2.22. The molecule has 3 aromatic carbocycles. The van der Waals surface area contributed by atoms with E-state index in [1.54, 1.807) is 42.5 Å².